The Labute approximate surface area is 127 Å². The predicted octanol–water partition coefficient (Wildman–Crippen LogP) is 0.784. The molecule has 0 bridgehead atoms. The summed E-state index contributed by atoms with van der Waals surface area (Å²) < 4.78 is 10.7. The van der Waals surface area contributed by atoms with Crippen molar-refractivity contribution in [3.05, 3.63) is 35.0 Å². The molecule has 7 heteroatoms. The summed E-state index contributed by atoms with van der Waals surface area (Å²) in [6, 6.07) is 4.48. The van der Waals surface area contributed by atoms with Gasteiger partial charge in [0.2, 0.25) is 0 Å². The number of nitrogens with zero attached hydrogens (tertiary/aromatic N) is 1. The summed E-state index contributed by atoms with van der Waals surface area (Å²) in [5, 5.41) is 5.49. The maximum absolute atomic E-state index is 12.4. The number of nitrogens with one attached hydrogen (secondary N) is 2. The molecule has 0 radical (unpaired) electrons. The van der Waals surface area contributed by atoms with Crippen LogP contribution >= 0.6 is 0 Å². The molecule has 0 saturated heterocycles. The Morgan fingerprint density at radius 2 is 2.00 bits per heavy atom. The van der Waals surface area contributed by atoms with Crippen LogP contribution in [-0.2, 0) is 4.79 Å². The molecule has 3 rings (SSSR count). The highest BCUT2D eigenvalue weighted by atomic mass is 16.5. The van der Waals surface area contributed by atoms with E-state index in [1.165, 1.54) is 7.11 Å². The van der Waals surface area contributed by atoms with Gasteiger partial charge in [0.25, 0.3) is 5.91 Å². The molecule has 0 unspecified atom stereocenters. The third-order valence-electron chi connectivity index (χ3n) is 3.87. The number of para-hydroxylation sites is 1. The SMILES string of the molecule is COc1cccc([C@@H]2NC(=O)NC3=C2C(=O)N(C)C3)c1OC. The van der Waals surface area contributed by atoms with E-state index in [0.29, 0.717) is 34.9 Å². The molecule has 0 saturated carbocycles. The van der Waals surface area contributed by atoms with Crippen molar-refractivity contribution in [1.29, 1.82) is 0 Å². The Morgan fingerprint density at radius 3 is 2.68 bits per heavy atom. The molecule has 1 atom stereocenters. The van der Waals surface area contributed by atoms with E-state index in [0.717, 1.165) is 0 Å². The summed E-state index contributed by atoms with van der Waals surface area (Å²) in [7, 11) is 4.77. The molecule has 22 heavy (non-hydrogen) atoms. The highest BCUT2D eigenvalue weighted by Crippen LogP contribution is 2.40. The molecule has 2 N–H and O–H groups in total. The summed E-state index contributed by atoms with van der Waals surface area (Å²) in [4.78, 5) is 25.9. The standard InChI is InChI=1S/C15H17N3O4/c1-18-7-9-11(14(18)19)12(17-15(20)16-9)8-5-4-6-10(21-2)13(8)22-3/h4-6,12H,7H2,1-3H3,(H2,16,17,20)/t12-/m0/s1. The van der Waals surface area contributed by atoms with E-state index in [-0.39, 0.29) is 11.9 Å². The van der Waals surface area contributed by atoms with E-state index < -0.39 is 6.04 Å². The maximum Gasteiger partial charge on any atom is 0.319 e. The summed E-state index contributed by atoms with van der Waals surface area (Å²) in [6.45, 7) is 0.393. The predicted molar refractivity (Wildman–Crippen MR) is 78.6 cm³/mol. The lowest BCUT2D eigenvalue weighted by atomic mass is 9.95. The monoisotopic (exact) mass is 303 g/mol. The zero-order valence-electron chi connectivity index (χ0n) is 12.6. The number of likely N-dealkylation sites (N-methyl/N-ethyl adjacent to an activating group) is 1. The van der Waals surface area contributed by atoms with Gasteiger partial charge < -0.3 is 25.0 Å². The van der Waals surface area contributed by atoms with Gasteiger partial charge in [0.15, 0.2) is 11.5 Å². The fraction of sp³-hybridized carbons (Fsp3) is 0.333. The first-order valence-corrected chi connectivity index (χ1v) is 6.83. The van der Waals surface area contributed by atoms with Crippen LogP contribution in [0.25, 0.3) is 0 Å². The summed E-state index contributed by atoms with van der Waals surface area (Å²) in [5.41, 5.74) is 1.85. The lowest BCUT2D eigenvalue weighted by molar-refractivity contribution is -0.124. The number of urea groups is 1. The minimum atomic E-state index is -0.564. The molecule has 0 spiro atoms. The van der Waals surface area contributed by atoms with E-state index in [1.54, 1.807) is 31.2 Å². The lowest BCUT2D eigenvalue weighted by Crippen LogP contribution is -2.44. The number of hydrogen-bond donors (Lipinski definition) is 2. The van der Waals surface area contributed by atoms with Gasteiger partial charge in [0.1, 0.15) is 0 Å². The van der Waals surface area contributed by atoms with Gasteiger partial charge in [-0.3, -0.25) is 4.79 Å². The Balaban J connectivity index is 2.13. The number of rotatable bonds is 3. The van der Waals surface area contributed by atoms with Crippen molar-refractivity contribution in [2.45, 2.75) is 6.04 Å². The van der Waals surface area contributed by atoms with Gasteiger partial charge in [-0.2, -0.15) is 0 Å². The first-order valence-electron chi connectivity index (χ1n) is 6.83. The fourth-order valence-corrected chi connectivity index (χ4v) is 2.88. The van der Waals surface area contributed by atoms with E-state index in [1.807, 2.05) is 6.07 Å². The van der Waals surface area contributed by atoms with Crippen LogP contribution in [0, 0.1) is 0 Å². The van der Waals surface area contributed by atoms with Crippen molar-refractivity contribution < 1.29 is 19.1 Å². The Hall–Kier alpha value is -2.70. The first-order chi connectivity index (χ1) is 10.6. The Kier molecular flexibility index (Phi) is 3.40. The zero-order chi connectivity index (χ0) is 15.9. The molecule has 2 aliphatic rings. The highest BCUT2D eigenvalue weighted by molar-refractivity contribution is 6.01. The van der Waals surface area contributed by atoms with Crippen LogP contribution in [0.2, 0.25) is 0 Å². The molecule has 1 aromatic rings. The number of carbonyl (C=O) groups is 2. The molecular weight excluding hydrogens is 286 g/mol. The van der Waals surface area contributed by atoms with Crippen molar-refractivity contribution >= 4 is 11.9 Å². The molecule has 7 nitrogen and oxygen atoms in total. The number of carbonyl (C=O) groups excluding carboxylic acids is 2. The van der Waals surface area contributed by atoms with Crippen molar-refractivity contribution in [3.63, 3.8) is 0 Å². The summed E-state index contributed by atoms with van der Waals surface area (Å²) in [5.74, 6) is 0.942. The van der Waals surface area contributed by atoms with Gasteiger partial charge in [0, 0.05) is 12.6 Å². The molecule has 0 aliphatic carbocycles. The van der Waals surface area contributed by atoms with Crippen molar-refractivity contribution in [2.24, 2.45) is 0 Å². The number of amides is 3. The van der Waals surface area contributed by atoms with Gasteiger partial charge in [-0.05, 0) is 6.07 Å². The normalized spacial score (nSPS) is 20.5. The minimum Gasteiger partial charge on any atom is -0.493 e. The second-order valence-electron chi connectivity index (χ2n) is 5.17. The van der Waals surface area contributed by atoms with Gasteiger partial charge >= 0.3 is 6.03 Å². The number of hydrogen-bond acceptors (Lipinski definition) is 4. The van der Waals surface area contributed by atoms with Crippen LogP contribution in [0.4, 0.5) is 4.79 Å². The molecular formula is C15H17N3O4. The second-order valence-corrected chi connectivity index (χ2v) is 5.17. The van der Waals surface area contributed by atoms with Crippen LogP contribution in [0.5, 0.6) is 11.5 Å². The van der Waals surface area contributed by atoms with E-state index in [9.17, 15) is 9.59 Å². The molecule has 0 aromatic heterocycles. The van der Waals surface area contributed by atoms with Gasteiger partial charge in [0.05, 0.1) is 38.1 Å². The van der Waals surface area contributed by atoms with Crippen LogP contribution < -0.4 is 20.1 Å². The van der Waals surface area contributed by atoms with E-state index in [4.69, 9.17) is 9.47 Å². The summed E-state index contributed by atoms with van der Waals surface area (Å²) >= 11 is 0. The van der Waals surface area contributed by atoms with Gasteiger partial charge in [-0.15, -0.1) is 0 Å². The van der Waals surface area contributed by atoms with Crippen LogP contribution in [-0.4, -0.2) is 44.7 Å². The number of methoxy groups -OCH3 is 2. The third-order valence-corrected chi connectivity index (χ3v) is 3.87. The van der Waals surface area contributed by atoms with E-state index in [2.05, 4.69) is 10.6 Å². The zero-order valence-corrected chi connectivity index (χ0v) is 12.6. The average molecular weight is 303 g/mol. The van der Waals surface area contributed by atoms with Crippen LogP contribution in [0.15, 0.2) is 29.5 Å². The highest BCUT2D eigenvalue weighted by Gasteiger charge is 2.40. The molecule has 2 heterocycles. The maximum atomic E-state index is 12.4. The summed E-state index contributed by atoms with van der Waals surface area (Å²) in [6.07, 6.45) is 0. The Morgan fingerprint density at radius 1 is 1.23 bits per heavy atom. The number of ether oxygens (including phenoxy) is 2. The minimum absolute atomic E-state index is 0.114. The second kappa shape index (κ2) is 5.25. The quantitative estimate of drug-likeness (QED) is 0.865. The third kappa shape index (κ3) is 2.05. The van der Waals surface area contributed by atoms with Gasteiger partial charge in [-0.1, -0.05) is 12.1 Å². The lowest BCUT2D eigenvalue weighted by Gasteiger charge is -2.27. The van der Waals surface area contributed by atoms with Crippen LogP contribution in [0.3, 0.4) is 0 Å². The van der Waals surface area contributed by atoms with Crippen molar-refractivity contribution in [1.82, 2.24) is 15.5 Å². The fourth-order valence-electron chi connectivity index (χ4n) is 2.88. The van der Waals surface area contributed by atoms with E-state index >= 15 is 0 Å². The molecule has 3 amide bonds. The Bertz CT molecular complexity index is 683. The molecule has 0 fully saturated rings. The van der Waals surface area contributed by atoms with Crippen molar-refractivity contribution in [3.8, 4) is 11.5 Å². The van der Waals surface area contributed by atoms with Gasteiger partial charge in [-0.25, -0.2) is 4.79 Å². The topological polar surface area (TPSA) is 79.9 Å². The van der Waals surface area contributed by atoms with Crippen LogP contribution in [0.1, 0.15) is 11.6 Å². The molecule has 2 aliphatic heterocycles. The largest absolute Gasteiger partial charge is 0.493 e. The molecule has 1 aromatic carbocycles. The molecule has 116 valence electrons. The smallest absolute Gasteiger partial charge is 0.319 e. The number of benzene rings is 1. The van der Waals surface area contributed by atoms with Crippen molar-refractivity contribution in [2.75, 3.05) is 27.8 Å². The first kappa shape index (κ1) is 14.2. The average Bonchev–Trinajstić information content (AvgIpc) is 2.80.